The number of amides is 2. The van der Waals surface area contributed by atoms with Crippen molar-refractivity contribution in [2.75, 3.05) is 27.3 Å². The topological polar surface area (TPSA) is 67.9 Å². The predicted octanol–water partition coefficient (Wildman–Crippen LogP) is 2.61. The van der Waals surface area contributed by atoms with Gasteiger partial charge in [-0.05, 0) is 43.9 Å². The Hall–Kier alpha value is -2.24. The van der Waals surface area contributed by atoms with Gasteiger partial charge in [0.15, 0.2) is 11.5 Å². The first kappa shape index (κ1) is 18.5. The summed E-state index contributed by atoms with van der Waals surface area (Å²) in [6.07, 6.45) is 6.03. The third-order valence-corrected chi connectivity index (χ3v) is 5.49. The van der Waals surface area contributed by atoms with Crippen molar-refractivity contribution in [1.29, 1.82) is 0 Å². The van der Waals surface area contributed by atoms with Crippen molar-refractivity contribution in [3.8, 4) is 11.5 Å². The molecule has 1 N–H and O–H groups in total. The smallest absolute Gasteiger partial charge is 0.251 e. The van der Waals surface area contributed by atoms with Crippen LogP contribution >= 0.6 is 0 Å². The second kappa shape index (κ2) is 8.43. The summed E-state index contributed by atoms with van der Waals surface area (Å²) >= 11 is 0. The maximum Gasteiger partial charge on any atom is 0.251 e. The number of methoxy groups -OCH3 is 2. The highest BCUT2D eigenvalue weighted by Crippen LogP contribution is 2.29. The van der Waals surface area contributed by atoms with Crippen LogP contribution in [0.3, 0.4) is 0 Å². The fraction of sp³-hybridized carbons (Fsp3) is 0.600. The molecule has 0 unspecified atom stereocenters. The van der Waals surface area contributed by atoms with Gasteiger partial charge in [0, 0.05) is 30.6 Å². The summed E-state index contributed by atoms with van der Waals surface area (Å²) in [7, 11) is 3.12. The number of likely N-dealkylation sites (tertiary alicyclic amines) is 1. The highest BCUT2D eigenvalue weighted by atomic mass is 16.5. The molecular formula is C20H28N2O4. The van der Waals surface area contributed by atoms with Gasteiger partial charge in [-0.3, -0.25) is 9.59 Å². The van der Waals surface area contributed by atoms with Crippen LogP contribution in [0.2, 0.25) is 0 Å². The summed E-state index contributed by atoms with van der Waals surface area (Å²) in [5.74, 6) is 1.56. The molecule has 0 aromatic heterocycles. The zero-order valence-corrected chi connectivity index (χ0v) is 15.6. The Morgan fingerprint density at radius 3 is 2.27 bits per heavy atom. The normalized spacial score (nSPS) is 18.6. The lowest BCUT2D eigenvalue weighted by atomic mass is 10.0. The highest BCUT2D eigenvalue weighted by Gasteiger charge is 2.30. The Morgan fingerprint density at radius 2 is 1.65 bits per heavy atom. The van der Waals surface area contributed by atoms with Crippen LogP contribution in [0, 0.1) is 5.92 Å². The van der Waals surface area contributed by atoms with Crippen molar-refractivity contribution >= 4 is 11.8 Å². The zero-order chi connectivity index (χ0) is 18.5. The molecule has 1 aliphatic heterocycles. The Morgan fingerprint density at radius 1 is 1.00 bits per heavy atom. The summed E-state index contributed by atoms with van der Waals surface area (Å²) in [5.41, 5.74) is 0.548. The van der Waals surface area contributed by atoms with Crippen molar-refractivity contribution in [3.63, 3.8) is 0 Å². The highest BCUT2D eigenvalue weighted by molar-refractivity contribution is 5.95. The van der Waals surface area contributed by atoms with Crippen LogP contribution in [-0.4, -0.2) is 50.1 Å². The summed E-state index contributed by atoms with van der Waals surface area (Å²) in [6.45, 7) is 1.46. The van der Waals surface area contributed by atoms with E-state index in [9.17, 15) is 9.59 Å². The number of carbonyl (C=O) groups excluding carboxylic acids is 2. The molecule has 2 amide bonds. The van der Waals surface area contributed by atoms with Gasteiger partial charge in [0.05, 0.1) is 14.2 Å². The number of nitrogens with zero attached hydrogens (tertiary/aromatic N) is 1. The van der Waals surface area contributed by atoms with Gasteiger partial charge in [-0.15, -0.1) is 0 Å². The molecule has 26 heavy (non-hydrogen) atoms. The monoisotopic (exact) mass is 360 g/mol. The number of piperidine rings is 1. The minimum atomic E-state index is -0.119. The fourth-order valence-corrected chi connectivity index (χ4v) is 3.92. The zero-order valence-electron chi connectivity index (χ0n) is 15.6. The summed E-state index contributed by atoms with van der Waals surface area (Å²) in [4.78, 5) is 27.0. The molecule has 2 fully saturated rings. The Bertz CT molecular complexity index is 647. The molecule has 1 saturated carbocycles. The van der Waals surface area contributed by atoms with E-state index in [0.29, 0.717) is 23.0 Å². The third-order valence-electron chi connectivity index (χ3n) is 5.49. The molecule has 0 spiro atoms. The van der Waals surface area contributed by atoms with Crippen molar-refractivity contribution in [3.05, 3.63) is 23.8 Å². The largest absolute Gasteiger partial charge is 0.493 e. The molecule has 6 nitrogen and oxygen atoms in total. The minimum absolute atomic E-state index is 0.100. The Balaban J connectivity index is 1.52. The lowest BCUT2D eigenvalue weighted by molar-refractivity contribution is -0.136. The first-order valence-corrected chi connectivity index (χ1v) is 9.44. The predicted molar refractivity (Wildman–Crippen MR) is 98.6 cm³/mol. The maximum absolute atomic E-state index is 12.5. The number of hydrogen-bond acceptors (Lipinski definition) is 4. The molecule has 2 aliphatic rings. The first-order valence-electron chi connectivity index (χ1n) is 9.44. The van der Waals surface area contributed by atoms with Crippen LogP contribution in [0.1, 0.15) is 48.9 Å². The molecule has 1 aliphatic carbocycles. The van der Waals surface area contributed by atoms with Gasteiger partial charge < -0.3 is 19.7 Å². The first-order chi connectivity index (χ1) is 12.6. The number of benzene rings is 1. The molecule has 1 heterocycles. The molecule has 6 heteroatoms. The summed E-state index contributed by atoms with van der Waals surface area (Å²) in [5, 5.41) is 3.08. The second-order valence-corrected chi connectivity index (χ2v) is 7.12. The molecule has 1 aromatic carbocycles. The number of carbonyl (C=O) groups is 2. The lowest BCUT2D eigenvalue weighted by Crippen LogP contribution is -2.47. The van der Waals surface area contributed by atoms with E-state index in [1.54, 1.807) is 32.4 Å². The van der Waals surface area contributed by atoms with E-state index in [0.717, 1.165) is 38.8 Å². The molecular weight excluding hydrogens is 332 g/mol. The molecule has 0 bridgehead atoms. The van der Waals surface area contributed by atoms with E-state index in [1.807, 2.05) is 4.90 Å². The Labute approximate surface area is 154 Å². The maximum atomic E-state index is 12.5. The van der Waals surface area contributed by atoms with Crippen molar-refractivity contribution in [2.45, 2.75) is 44.6 Å². The van der Waals surface area contributed by atoms with Crippen LogP contribution in [-0.2, 0) is 4.79 Å². The van der Waals surface area contributed by atoms with Gasteiger partial charge in [0.1, 0.15) is 0 Å². The average molecular weight is 360 g/mol. The van der Waals surface area contributed by atoms with Gasteiger partial charge in [-0.2, -0.15) is 0 Å². The van der Waals surface area contributed by atoms with Gasteiger partial charge >= 0.3 is 0 Å². The Kier molecular flexibility index (Phi) is 6.01. The van der Waals surface area contributed by atoms with Gasteiger partial charge in [-0.1, -0.05) is 12.8 Å². The molecule has 1 saturated heterocycles. The van der Waals surface area contributed by atoms with E-state index >= 15 is 0 Å². The number of hydrogen-bond donors (Lipinski definition) is 1. The van der Waals surface area contributed by atoms with Gasteiger partial charge in [-0.25, -0.2) is 0 Å². The van der Waals surface area contributed by atoms with Gasteiger partial charge in [0.25, 0.3) is 5.91 Å². The van der Waals surface area contributed by atoms with Crippen LogP contribution in [0.4, 0.5) is 0 Å². The molecule has 142 valence electrons. The SMILES string of the molecule is COc1ccc(C(=O)NC2CCN(C(=O)C3CCCC3)CC2)cc1OC. The quantitative estimate of drug-likeness (QED) is 0.876. The van der Waals surface area contributed by atoms with E-state index in [4.69, 9.17) is 9.47 Å². The number of rotatable bonds is 5. The van der Waals surface area contributed by atoms with Crippen molar-refractivity contribution < 1.29 is 19.1 Å². The van der Waals surface area contributed by atoms with Crippen LogP contribution < -0.4 is 14.8 Å². The molecule has 0 atom stereocenters. The van der Waals surface area contributed by atoms with Crippen molar-refractivity contribution in [2.24, 2.45) is 5.92 Å². The standard InChI is InChI=1S/C20H28N2O4/c1-25-17-8-7-15(13-18(17)26-2)19(23)21-16-9-11-22(12-10-16)20(24)14-5-3-4-6-14/h7-8,13-14,16H,3-6,9-12H2,1-2H3,(H,21,23). The van der Waals surface area contributed by atoms with Crippen molar-refractivity contribution in [1.82, 2.24) is 10.2 Å². The van der Waals surface area contributed by atoms with E-state index in [-0.39, 0.29) is 17.9 Å². The van der Waals surface area contributed by atoms with Crippen LogP contribution in [0.5, 0.6) is 11.5 Å². The number of nitrogens with one attached hydrogen (secondary N) is 1. The molecule has 0 radical (unpaired) electrons. The van der Waals surface area contributed by atoms with Crippen LogP contribution in [0.15, 0.2) is 18.2 Å². The van der Waals surface area contributed by atoms with Crippen LogP contribution in [0.25, 0.3) is 0 Å². The third kappa shape index (κ3) is 4.11. The second-order valence-electron chi connectivity index (χ2n) is 7.12. The fourth-order valence-electron chi connectivity index (χ4n) is 3.92. The lowest BCUT2D eigenvalue weighted by Gasteiger charge is -2.34. The molecule has 1 aromatic rings. The summed E-state index contributed by atoms with van der Waals surface area (Å²) in [6, 6.07) is 5.25. The minimum Gasteiger partial charge on any atom is -0.493 e. The van der Waals surface area contributed by atoms with E-state index in [1.165, 1.54) is 12.8 Å². The average Bonchev–Trinajstić information content (AvgIpc) is 3.22. The summed E-state index contributed by atoms with van der Waals surface area (Å²) < 4.78 is 10.5. The van der Waals surface area contributed by atoms with E-state index in [2.05, 4.69) is 5.32 Å². The van der Waals surface area contributed by atoms with Gasteiger partial charge in [0.2, 0.25) is 5.91 Å². The number of ether oxygens (including phenoxy) is 2. The molecule has 3 rings (SSSR count). The van der Waals surface area contributed by atoms with E-state index < -0.39 is 0 Å².